The predicted molar refractivity (Wildman–Crippen MR) is 69.9 cm³/mol. The van der Waals surface area contributed by atoms with Crippen molar-refractivity contribution in [2.45, 2.75) is 6.42 Å². The highest BCUT2D eigenvalue weighted by molar-refractivity contribution is 5.94. The summed E-state index contributed by atoms with van der Waals surface area (Å²) in [6.07, 6.45) is -0.127. The minimum atomic E-state index is -0.977. The van der Waals surface area contributed by atoms with E-state index in [9.17, 15) is 14.4 Å². The number of carboxylic acids is 1. The van der Waals surface area contributed by atoms with Gasteiger partial charge >= 0.3 is 12.1 Å². The molecule has 0 aromatic heterocycles. The molecule has 106 valence electrons. The van der Waals surface area contributed by atoms with E-state index < -0.39 is 18.0 Å². The van der Waals surface area contributed by atoms with Crippen LogP contribution >= 0.6 is 0 Å². The zero-order valence-corrected chi connectivity index (χ0v) is 10.9. The number of benzene rings is 1. The molecule has 1 aliphatic heterocycles. The van der Waals surface area contributed by atoms with Crippen LogP contribution < -0.4 is 10.2 Å². The molecule has 20 heavy (non-hydrogen) atoms. The molecule has 0 aliphatic carbocycles. The number of hydrogen-bond acceptors (Lipinski definition) is 5. The summed E-state index contributed by atoms with van der Waals surface area (Å²) < 4.78 is 4.34. The number of nitrogens with zero attached hydrogens (tertiary/aromatic N) is 1. The molecule has 0 saturated carbocycles. The van der Waals surface area contributed by atoms with Crippen LogP contribution in [0.25, 0.3) is 0 Å². The second-order valence-corrected chi connectivity index (χ2v) is 4.36. The second-order valence-electron chi connectivity index (χ2n) is 4.36. The molecular weight excluding hydrogens is 264 g/mol. The first-order valence-corrected chi connectivity index (χ1v) is 6.00. The fourth-order valence-corrected chi connectivity index (χ4v) is 2.15. The molecule has 0 saturated heterocycles. The van der Waals surface area contributed by atoms with Gasteiger partial charge in [0.15, 0.2) is 0 Å². The van der Waals surface area contributed by atoms with Gasteiger partial charge in [-0.3, -0.25) is 10.1 Å². The second kappa shape index (κ2) is 5.60. The molecule has 0 radical (unpaired) electrons. The third kappa shape index (κ3) is 2.87. The predicted octanol–water partition coefficient (Wildman–Crippen LogP) is 0.630. The molecule has 0 bridgehead atoms. The van der Waals surface area contributed by atoms with Gasteiger partial charge < -0.3 is 14.7 Å². The van der Waals surface area contributed by atoms with E-state index in [0.29, 0.717) is 13.0 Å². The Morgan fingerprint density at radius 1 is 1.40 bits per heavy atom. The lowest BCUT2D eigenvalue weighted by atomic mass is 10.1. The number of carboxylic acid groups (broad SMARTS) is 1. The standard InChI is InChI=1S/C13H14N2O5/c1-20-13(19)14-11(16)7-15-5-4-8-6-9(12(17)18)2-3-10(8)15/h2-3,6H,4-5,7H2,1H3,(H,17,18)(H,14,16,19). The highest BCUT2D eigenvalue weighted by Gasteiger charge is 2.23. The molecule has 1 aromatic rings. The molecule has 0 spiro atoms. The number of alkyl carbamates (subject to hydrolysis) is 1. The van der Waals surface area contributed by atoms with E-state index in [-0.39, 0.29) is 12.1 Å². The van der Waals surface area contributed by atoms with Crippen molar-refractivity contribution in [2.24, 2.45) is 0 Å². The van der Waals surface area contributed by atoms with Crippen molar-refractivity contribution < 1.29 is 24.2 Å². The summed E-state index contributed by atoms with van der Waals surface area (Å²) in [6.45, 7) is 0.627. The maximum atomic E-state index is 11.6. The number of methoxy groups -OCH3 is 1. The third-order valence-corrected chi connectivity index (χ3v) is 3.08. The van der Waals surface area contributed by atoms with Crippen molar-refractivity contribution >= 4 is 23.7 Å². The Kier molecular flexibility index (Phi) is 3.88. The summed E-state index contributed by atoms with van der Waals surface area (Å²) >= 11 is 0. The maximum Gasteiger partial charge on any atom is 0.413 e. The van der Waals surface area contributed by atoms with Crippen LogP contribution in [0.2, 0.25) is 0 Å². The van der Waals surface area contributed by atoms with Crippen LogP contribution in [-0.4, -0.2) is 43.3 Å². The van der Waals surface area contributed by atoms with Crippen molar-refractivity contribution in [3.63, 3.8) is 0 Å². The van der Waals surface area contributed by atoms with Crippen molar-refractivity contribution in [1.29, 1.82) is 0 Å². The molecule has 1 aromatic carbocycles. The highest BCUT2D eigenvalue weighted by atomic mass is 16.5. The fraction of sp³-hybridized carbons (Fsp3) is 0.308. The number of carbonyl (C=O) groups excluding carboxylic acids is 2. The first-order valence-electron chi connectivity index (χ1n) is 6.00. The maximum absolute atomic E-state index is 11.6. The molecule has 1 heterocycles. The van der Waals surface area contributed by atoms with Crippen LogP contribution in [0.1, 0.15) is 15.9 Å². The van der Waals surface area contributed by atoms with Gasteiger partial charge in [0.2, 0.25) is 5.91 Å². The summed E-state index contributed by atoms with van der Waals surface area (Å²) in [7, 11) is 1.18. The SMILES string of the molecule is COC(=O)NC(=O)CN1CCc2cc(C(=O)O)ccc21. The van der Waals surface area contributed by atoms with E-state index in [1.165, 1.54) is 13.2 Å². The van der Waals surface area contributed by atoms with Crippen LogP contribution in [0.15, 0.2) is 18.2 Å². The minimum absolute atomic E-state index is 0.0223. The normalized spacial score (nSPS) is 12.8. The Balaban J connectivity index is 2.07. The van der Waals surface area contributed by atoms with Crippen molar-refractivity contribution in [1.82, 2.24) is 5.32 Å². The molecule has 7 heteroatoms. The Morgan fingerprint density at radius 2 is 2.15 bits per heavy atom. The zero-order valence-electron chi connectivity index (χ0n) is 10.9. The van der Waals surface area contributed by atoms with Gasteiger partial charge in [-0.15, -0.1) is 0 Å². The topological polar surface area (TPSA) is 95.9 Å². The number of imide groups is 1. The number of anilines is 1. The Morgan fingerprint density at radius 3 is 2.80 bits per heavy atom. The quantitative estimate of drug-likeness (QED) is 0.842. The highest BCUT2D eigenvalue weighted by Crippen LogP contribution is 2.28. The number of amides is 2. The van der Waals surface area contributed by atoms with E-state index >= 15 is 0 Å². The monoisotopic (exact) mass is 278 g/mol. The lowest BCUT2D eigenvalue weighted by Crippen LogP contribution is -2.39. The lowest BCUT2D eigenvalue weighted by Gasteiger charge is -2.18. The van der Waals surface area contributed by atoms with E-state index in [1.54, 1.807) is 17.0 Å². The molecule has 0 fully saturated rings. The summed E-state index contributed by atoms with van der Waals surface area (Å²) in [6, 6.07) is 4.78. The first kappa shape index (κ1) is 13.9. The van der Waals surface area contributed by atoms with Gasteiger partial charge in [0.05, 0.1) is 19.2 Å². The van der Waals surface area contributed by atoms with E-state index in [0.717, 1.165) is 11.3 Å². The Bertz CT molecular complexity index is 570. The van der Waals surface area contributed by atoms with E-state index in [1.807, 2.05) is 0 Å². The molecule has 2 rings (SSSR count). The number of hydrogen-bond donors (Lipinski definition) is 2. The van der Waals surface area contributed by atoms with Gasteiger partial charge in [-0.1, -0.05) is 0 Å². The fourth-order valence-electron chi connectivity index (χ4n) is 2.15. The number of ether oxygens (including phenoxy) is 1. The van der Waals surface area contributed by atoms with Crippen LogP contribution in [0.3, 0.4) is 0 Å². The number of carbonyl (C=O) groups is 3. The molecule has 2 amide bonds. The number of aromatic carboxylic acids is 1. The summed E-state index contributed by atoms with van der Waals surface area (Å²) in [5, 5.41) is 11.0. The third-order valence-electron chi connectivity index (χ3n) is 3.08. The summed E-state index contributed by atoms with van der Waals surface area (Å²) in [5.74, 6) is -1.44. The van der Waals surface area contributed by atoms with Gasteiger partial charge in [0.25, 0.3) is 0 Å². The smallest absolute Gasteiger partial charge is 0.413 e. The van der Waals surface area contributed by atoms with Crippen molar-refractivity contribution in [3.8, 4) is 0 Å². The van der Waals surface area contributed by atoms with E-state index in [4.69, 9.17) is 5.11 Å². The molecule has 2 N–H and O–H groups in total. The van der Waals surface area contributed by atoms with Gasteiger partial charge in [-0.2, -0.15) is 0 Å². The van der Waals surface area contributed by atoms with Crippen LogP contribution in [-0.2, 0) is 16.0 Å². The number of fused-ring (bicyclic) bond motifs is 1. The first-order chi connectivity index (χ1) is 9.51. The molecule has 1 aliphatic rings. The molecular formula is C13H14N2O5. The van der Waals surface area contributed by atoms with Gasteiger partial charge in [0, 0.05) is 12.2 Å². The Labute approximate surface area is 115 Å². The zero-order chi connectivity index (χ0) is 14.7. The van der Waals surface area contributed by atoms with Crippen LogP contribution in [0.4, 0.5) is 10.5 Å². The summed E-state index contributed by atoms with van der Waals surface area (Å²) in [4.78, 5) is 35.2. The number of nitrogens with one attached hydrogen (secondary N) is 1. The van der Waals surface area contributed by atoms with Gasteiger partial charge in [-0.25, -0.2) is 9.59 Å². The summed E-state index contributed by atoms with van der Waals surface area (Å²) in [5.41, 5.74) is 1.93. The largest absolute Gasteiger partial charge is 0.478 e. The Hall–Kier alpha value is -2.57. The van der Waals surface area contributed by atoms with Crippen molar-refractivity contribution in [2.75, 3.05) is 25.1 Å². The average Bonchev–Trinajstić information content (AvgIpc) is 2.80. The molecule has 0 unspecified atom stereocenters. The van der Waals surface area contributed by atoms with E-state index in [2.05, 4.69) is 10.1 Å². The van der Waals surface area contributed by atoms with Crippen LogP contribution in [0.5, 0.6) is 0 Å². The lowest BCUT2D eigenvalue weighted by molar-refractivity contribution is -0.119. The average molecular weight is 278 g/mol. The van der Waals surface area contributed by atoms with Crippen molar-refractivity contribution in [3.05, 3.63) is 29.3 Å². The van der Waals surface area contributed by atoms with Crippen LogP contribution in [0, 0.1) is 0 Å². The number of rotatable bonds is 3. The minimum Gasteiger partial charge on any atom is -0.478 e. The van der Waals surface area contributed by atoms with Gasteiger partial charge in [-0.05, 0) is 30.2 Å². The molecule has 0 atom stereocenters. The van der Waals surface area contributed by atoms with Gasteiger partial charge in [0.1, 0.15) is 0 Å². The molecule has 7 nitrogen and oxygen atoms in total.